The number of fused-ring (bicyclic) bond motifs is 3. The van der Waals surface area contributed by atoms with E-state index in [4.69, 9.17) is 14.6 Å². The van der Waals surface area contributed by atoms with Crippen molar-refractivity contribution in [3.05, 3.63) is 143 Å². The average molecular weight is 713 g/mol. The Bertz CT molecular complexity index is 1980. The van der Waals surface area contributed by atoms with Crippen LogP contribution in [0.3, 0.4) is 0 Å². The first-order valence-corrected chi connectivity index (χ1v) is 19.3. The number of para-hydroxylation sites is 1. The third kappa shape index (κ3) is 9.19. The van der Waals surface area contributed by atoms with Crippen molar-refractivity contribution >= 4 is 22.7 Å². The van der Waals surface area contributed by atoms with Gasteiger partial charge in [-0.05, 0) is 120 Å². The summed E-state index contributed by atoms with van der Waals surface area (Å²) in [7, 11) is 0. The van der Waals surface area contributed by atoms with E-state index in [2.05, 4.69) is 90.9 Å². The molecule has 7 rings (SSSR count). The van der Waals surface area contributed by atoms with E-state index in [1.807, 2.05) is 61.5 Å². The van der Waals surface area contributed by atoms with Crippen LogP contribution in [-0.4, -0.2) is 22.6 Å². The van der Waals surface area contributed by atoms with Crippen LogP contribution in [0.25, 0.3) is 10.8 Å². The van der Waals surface area contributed by atoms with Gasteiger partial charge in [0.2, 0.25) is 0 Å². The van der Waals surface area contributed by atoms with Crippen LogP contribution in [0.4, 0.5) is 0 Å². The number of benzene rings is 5. The number of esters is 2. The van der Waals surface area contributed by atoms with E-state index < -0.39 is 5.60 Å². The summed E-state index contributed by atoms with van der Waals surface area (Å²) in [5.41, 5.74) is 6.63. The number of ether oxygens (including phenoxy) is 2. The molecule has 0 saturated heterocycles. The molecule has 0 amide bonds. The van der Waals surface area contributed by atoms with Gasteiger partial charge >= 0.3 is 11.9 Å². The van der Waals surface area contributed by atoms with E-state index in [9.17, 15) is 9.59 Å². The van der Waals surface area contributed by atoms with Crippen molar-refractivity contribution in [3.8, 4) is 11.5 Å². The molecule has 5 aromatic carbocycles. The summed E-state index contributed by atoms with van der Waals surface area (Å²) < 4.78 is 11.3. The van der Waals surface area contributed by atoms with Crippen molar-refractivity contribution in [1.82, 2.24) is 0 Å². The maximum absolute atomic E-state index is 13.2. The van der Waals surface area contributed by atoms with Gasteiger partial charge < -0.3 is 14.6 Å². The first kappa shape index (κ1) is 39.3. The van der Waals surface area contributed by atoms with E-state index in [0.29, 0.717) is 29.1 Å². The number of phenolic OH excluding ortho intramolecular Hbond substituents is 1. The van der Waals surface area contributed by atoms with Crippen LogP contribution in [0.5, 0.6) is 11.5 Å². The monoisotopic (exact) mass is 712 g/mol. The van der Waals surface area contributed by atoms with Gasteiger partial charge in [-0.1, -0.05) is 126 Å². The number of phenols is 1. The molecule has 0 saturated carbocycles. The van der Waals surface area contributed by atoms with Gasteiger partial charge in [0, 0.05) is 5.92 Å². The molecule has 1 N–H and O–H groups in total. The quantitative estimate of drug-likeness (QED) is 0.134. The second kappa shape index (κ2) is 17.3. The van der Waals surface area contributed by atoms with Crippen LogP contribution in [0.2, 0.25) is 0 Å². The van der Waals surface area contributed by atoms with Crippen molar-refractivity contribution in [1.29, 1.82) is 0 Å². The molecule has 0 aromatic heterocycles. The standard InChI is InChI=1S/C27H30O2.C11H12O2.C10H14O/c1-5-18(2)22-12-8-14-24-23(22)13-9-15-25(24)26(28)29-27(3,4)21-16-19-10-6-7-11-20(19)17-21;1-7-8(2)11(12)13-10-6-4-3-5-9(7)10;1-3-8(2)9-4-6-10(11)7-5-9/h6-15,18,21H,5,16-17H2,1-4H3;3-8H,1-2H3;4-8,11H,3H2,1-2H3. The van der Waals surface area contributed by atoms with Crippen LogP contribution in [0, 0.1) is 11.8 Å². The summed E-state index contributed by atoms with van der Waals surface area (Å²) >= 11 is 0. The fourth-order valence-corrected chi connectivity index (χ4v) is 7.25. The summed E-state index contributed by atoms with van der Waals surface area (Å²) in [5, 5.41) is 11.2. The molecule has 0 fully saturated rings. The number of aromatic hydroxyl groups is 1. The van der Waals surface area contributed by atoms with Gasteiger partial charge in [-0.2, -0.15) is 0 Å². The van der Waals surface area contributed by atoms with Gasteiger partial charge in [-0.3, -0.25) is 4.79 Å². The minimum absolute atomic E-state index is 0.0325. The van der Waals surface area contributed by atoms with Crippen LogP contribution < -0.4 is 4.74 Å². The molecule has 0 bridgehead atoms. The van der Waals surface area contributed by atoms with Crippen molar-refractivity contribution in [2.75, 3.05) is 0 Å². The predicted molar refractivity (Wildman–Crippen MR) is 216 cm³/mol. The predicted octanol–water partition coefficient (Wildman–Crippen LogP) is 12.0. The smallest absolute Gasteiger partial charge is 0.339 e. The number of rotatable bonds is 7. The van der Waals surface area contributed by atoms with Crippen molar-refractivity contribution in [2.24, 2.45) is 11.8 Å². The molecule has 5 aromatic rings. The third-order valence-corrected chi connectivity index (χ3v) is 11.5. The Labute approximate surface area is 316 Å². The van der Waals surface area contributed by atoms with Gasteiger partial charge in [0.25, 0.3) is 0 Å². The summed E-state index contributed by atoms with van der Waals surface area (Å²) in [6.45, 7) is 16.9. The summed E-state index contributed by atoms with van der Waals surface area (Å²) in [6.07, 6.45) is 4.14. The number of carbonyl (C=O) groups excluding carboxylic acids is 2. The highest BCUT2D eigenvalue weighted by Crippen LogP contribution is 2.38. The summed E-state index contributed by atoms with van der Waals surface area (Å²) in [5.74, 6) is 2.30. The maximum atomic E-state index is 13.2. The molecule has 5 heteroatoms. The highest BCUT2D eigenvalue weighted by atomic mass is 16.6. The lowest BCUT2D eigenvalue weighted by Crippen LogP contribution is -2.37. The number of carbonyl (C=O) groups is 2. The molecule has 2 aliphatic rings. The second-order valence-electron chi connectivity index (χ2n) is 15.4. The highest BCUT2D eigenvalue weighted by Gasteiger charge is 2.38. The normalized spacial score (nSPS) is 17.5. The Hall–Kier alpha value is -4.90. The molecule has 1 aliphatic heterocycles. The third-order valence-electron chi connectivity index (χ3n) is 11.5. The molecule has 4 atom stereocenters. The fraction of sp³-hybridized carbons (Fsp3) is 0.375. The second-order valence-corrected chi connectivity index (χ2v) is 15.4. The summed E-state index contributed by atoms with van der Waals surface area (Å²) in [4.78, 5) is 24.6. The van der Waals surface area contributed by atoms with Gasteiger partial charge in [-0.15, -0.1) is 0 Å². The van der Waals surface area contributed by atoms with E-state index in [1.54, 1.807) is 12.1 Å². The number of hydrogen-bond acceptors (Lipinski definition) is 5. The highest BCUT2D eigenvalue weighted by molar-refractivity contribution is 6.05. The minimum Gasteiger partial charge on any atom is -0.508 e. The average Bonchev–Trinajstić information content (AvgIpc) is 3.62. The molecular formula is C48H56O5. The lowest BCUT2D eigenvalue weighted by molar-refractivity contribution is -0.140. The van der Waals surface area contributed by atoms with Gasteiger partial charge in [0.05, 0.1) is 11.5 Å². The first-order valence-electron chi connectivity index (χ1n) is 19.3. The molecule has 0 spiro atoms. The van der Waals surface area contributed by atoms with Gasteiger partial charge in [0.1, 0.15) is 17.1 Å². The fourth-order valence-electron chi connectivity index (χ4n) is 7.25. The number of hydrogen-bond donors (Lipinski definition) is 1. The zero-order valence-corrected chi connectivity index (χ0v) is 32.7. The van der Waals surface area contributed by atoms with E-state index in [0.717, 1.165) is 47.8 Å². The molecule has 5 nitrogen and oxygen atoms in total. The Morgan fingerprint density at radius 1 is 0.755 bits per heavy atom. The Kier molecular flexibility index (Phi) is 12.8. The zero-order valence-electron chi connectivity index (χ0n) is 32.7. The first-order chi connectivity index (χ1) is 25.3. The van der Waals surface area contributed by atoms with Gasteiger partial charge in [-0.25, -0.2) is 4.79 Å². The van der Waals surface area contributed by atoms with Crippen molar-refractivity contribution in [3.63, 3.8) is 0 Å². The van der Waals surface area contributed by atoms with Crippen LogP contribution in [-0.2, 0) is 22.4 Å². The van der Waals surface area contributed by atoms with Crippen LogP contribution in [0.15, 0.2) is 109 Å². The maximum Gasteiger partial charge on any atom is 0.339 e. The molecule has 0 radical (unpaired) electrons. The summed E-state index contributed by atoms with van der Waals surface area (Å²) in [6, 6.07) is 35.9. The Morgan fingerprint density at radius 3 is 1.98 bits per heavy atom. The van der Waals surface area contributed by atoms with Crippen molar-refractivity contribution in [2.45, 2.75) is 104 Å². The topological polar surface area (TPSA) is 72.8 Å². The van der Waals surface area contributed by atoms with Gasteiger partial charge in [0.15, 0.2) is 0 Å². The van der Waals surface area contributed by atoms with Crippen molar-refractivity contribution < 1.29 is 24.2 Å². The van der Waals surface area contributed by atoms with Crippen LogP contribution in [0.1, 0.15) is 124 Å². The largest absolute Gasteiger partial charge is 0.508 e. The Balaban J connectivity index is 0.000000185. The van der Waals surface area contributed by atoms with E-state index in [-0.39, 0.29) is 23.8 Å². The molecule has 4 unspecified atom stereocenters. The molecule has 1 heterocycles. The molecule has 278 valence electrons. The van der Waals surface area contributed by atoms with Crippen LogP contribution >= 0.6 is 0 Å². The lowest BCUT2D eigenvalue weighted by atomic mass is 9.86. The molecule has 53 heavy (non-hydrogen) atoms. The zero-order chi connectivity index (χ0) is 38.3. The minimum atomic E-state index is -0.521. The Morgan fingerprint density at radius 2 is 1.34 bits per heavy atom. The SMILES string of the molecule is CC1C(=O)Oc2ccccc2C1C.CCC(C)c1ccc(O)cc1.CCC(C)c1cccc2c(C(=O)OC(C)(C)C3Cc4ccccc4C3)cccc12. The molecular weight excluding hydrogens is 657 g/mol. The molecule has 1 aliphatic carbocycles. The lowest BCUT2D eigenvalue weighted by Gasteiger charge is -2.31. The van der Waals surface area contributed by atoms with E-state index in [1.165, 1.54) is 22.3 Å². The van der Waals surface area contributed by atoms with E-state index >= 15 is 0 Å².